The Morgan fingerprint density at radius 1 is 1.47 bits per heavy atom. The van der Waals surface area contributed by atoms with Gasteiger partial charge in [0.25, 0.3) is 0 Å². The molecule has 0 fully saturated rings. The second kappa shape index (κ2) is 5.05. The molecule has 1 aromatic heterocycles. The highest BCUT2D eigenvalue weighted by atomic mass is 32.1. The van der Waals surface area contributed by atoms with Gasteiger partial charge in [0.2, 0.25) is 0 Å². The molecule has 0 spiro atoms. The zero-order valence-electron chi connectivity index (χ0n) is 9.64. The number of hydrogen-bond donors (Lipinski definition) is 0. The number of hydrogen-bond acceptors (Lipinski definition) is 5. The summed E-state index contributed by atoms with van der Waals surface area (Å²) >= 11 is 1.18. The van der Waals surface area contributed by atoms with Crippen LogP contribution in [0.25, 0.3) is 0 Å². The summed E-state index contributed by atoms with van der Waals surface area (Å²) in [5.41, 5.74) is 2.40. The van der Waals surface area contributed by atoms with Gasteiger partial charge in [0.1, 0.15) is 11.4 Å². The highest BCUT2D eigenvalue weighted by molar-refractivity contribution is 7.03. The molecule has 88 valence electrons. The molecule has 0 amide bonds. The number of rotatable bonds is 4. The van der Waals surface area contributed by atoms with E-state index in [2.05, 4.69) is 9.59 Å². The molecule has 0 atom stereocenters. The number of Topliss-reactive ketones (excluding diaryl/α,β-unsaturated/α-hetero) is 1. The molecule has 0 aliphatic carbocycles. The number of ether oxygens (including phenoxy) is 1. The van der Waals surface area contributed by atoms with Gasteiger partial charge < -0.3 is 4.74 Å². The minimum Gasteiger partial charge on any atom is -0.496 e. The first-order valence-corrected chi connectivity index (χ1v) is 5.98. The Morgan fingerprint density at radius 3 is 2.94 bits per heavy atom. The molecule has 17 heavy (non-hydrogen) atoms. The number of carbonyl (C=O) groups is 1. The van der Waals surface area contributed by atoms with Crippen LogP contribution in [0.1, 0.15) is 21.6 Å². The molecule has 0 unspecified atom stereocenters. The summed E-state index contributed by atoms with van der Waals surface area (Å²) in [7, 11) is 1.60. The molecule has 2 aromatic rings. The molecule has 0 saturated heterocycles. The third-order valence-electron chi connectivity index (χ3n) is 2.43. The van der Waals surface area contributed by atoms with E-state index in [0.29, 0.717) is 5.69 Å². The van der Waals surface area contributed by atoms with Gasteiger partial charge in [0.15, 0.2) is 5.78 Å². The van der Waals surface area contributed by atoms with Gasteiger partial charge in [-0.2, -0.15) is 0 Å². The molecule has 2 rings (SSSR count). The Balaban J connectivity index is 2.23. The predicted molar refractivity (Wildman–Crippen MR) is 65.7 cm³/mol. The number of nitrogens with zero attached hydrogens (tertiary/aromatic N) is 2. The summed E-state index contributed by atoms with van der Waals surface area (Å²) in [6.45, 7) is 1.98. The Kier molecular flexibility index (Phi) is 3.49. The molecule has 5 heteroatoms. The van der Waals surface area contributed by atoms with Crippen LogP contribution in [-0.2, 0) is 6.42 Å². The van der Waals surface area contributed by atoms with Gasteiger partial charge in [0.05, 0.1) is 7.11 Å². The topological polar surface area (TPSA) is 52.1 Å². The van der Waals surface area contributed by atoms with Crippen molar-refractivity contribution in [1.29, 1.82) is 0 Å². The summed E-state index contributed by atoms with van der Waals surface area (Å²) in [6.07, 6.45) is 0.288. The molecule has 1 heterocycles. The smallest absolute Gasteiger partial charge is 0.188 e. The first-order chi connectivity index (χ1) is 8.20. The fourth-order valence-corrected chi connectivity index (χ4v) is 2.06. The van der Waals surface area contributed by atoms with E-state index in [4.69, 9.17) is 4.74 Å². The molecular weight excluding hydrogens is 236 g/mol. The Labute approximate surface area is 103 Å². The van der Waals surface area contributed by atoms with Crippen LogP contribution in [0.3, 0.4) is 0 Å². The highest BCUT2D eigenvalue weighted by Crippen LogP contribution is 2.21. The standard InChI is InChI=1S/C12H12N2O2S/c1-8-3-4-12(16-2)9(5-8)6-11(15)10-7-17-14-13-10/h3-5,7H,6H2,1-2H3. The fraction of sp³-hybridized carbons (Fsp3) is 0.250. The van der Waals surface area contributed by atoms with Crippen molar-refractivity contribution >= 4 is 17.3 Å². The van der Waals surface area contributed by atoms with Gasteiger partial charge in [0, 0.05) is 17.4 Å². The van der Waals surface area contributed by atoms with E-state index in [1.165, 1.54) is 11.5 Å². The van der Waals surface area contributed by atoms with Crippen LogP contribution < -0.4 is 4.74 Å². The monoisotopic (exact) mass is 248 g/mol. The van der Waals surface area contributed by atoms with E-state index >= 15 is 0 Å². The maximum Gasteiger partial charge on any atom is 0.188 e. The lowest BCUT2D eigenvalue weighted by atomic mass is 10.0. The van der Waals surface area contributed by atoms with Crippen LogP contribution in [0.4, 0.5) is 0 Å². The minimum absolute atomic E-state index is 0.0392. The van der Waals surface area contributed by atoms with Crippen LogP contribution in [-0.4, -0.2) is 22.5 Å². The second-order valence-corrected chi connectivity index (χ2v) is 4.32. The van der Waals surface area contributed by atoms with Crippen molar-refractivity contribution in [3.63, 3.8) is 0 Å². The van der Waals surface area contributed by atoms with Crippen molar-refractivity contribution in [3.05, 3.63) is 40.4 Å². The minimum atomic E-state index is -0.0392. The molecule has 0 N–H and O–H groups in total. The molecule has 1 aromatic carbocycles. The highest BCUT2D eigenvalue weighted by Gasteiger charge is 2.13. The quantitative estimate of drug-likeness (QED) is 0.779. The number of methoxy groups -OCH3 is 1. The average Bonchev–Trinajstić information content (AvgIpc) is 2.83. The van der Waals surface area contributed by atoms with Crippen LogP contribution in [0, 0.1) is 6.92 Å². The van der Waals surface area contributed by atoms with E-state index in [1.807, 2.05) is 25.1 Å². The summed E-state index contributed by atoms with van der Waals surface area (Å²) in [6, 6.07) is 5.78. The van der Waals surface area contributed by atoms with Crippen molar-refractivity contribution < 1.29 is 9.53 Å². The van der Waals surface area contributed by atoms with Gasteiger partial charge in [-0.05, 0) is 24.5 Å². The molecule has 0 aliphatic rings. The van der Waals surface area contributed by atoms with E-state index in [1.54, 1.807) is 12.5 Å². The Bertz CT molecular complexity index is 523. The lowest BCUT2D eigenvalue weighted by Crippen LogP contribution is -2.05. The van der Waals surface area contributed by atoms with Crippen molar-refractivity contribution in [3.8, 4) is 5.75 Å². The summed E-state index contributed by atoms with van der Waals surface area (Å²) in [4.78, 5) is 11.9. The zero-order valence-corrected chi connectivity index (χ0v) is 10.5. The van der Waals surface area contributed by atoms with Gasteiger partial charge in [-0.3, -0.25) is 4.79 Å². The lowest BCUT2D eigenvalue weighted by Gasteiger charge is -2.07. The third-order valence-corrected chi connectivity index (χ3v) is 2.94. The second-order valence-electron chi connectivity index (χ2n) is 3.71. The summed E-state index contributed by atoms with van der Waals surface area (Å²) in [5, 5.41) is 5.43. The largest absolute Gasteiger partial charge is 0.496 e. The van der Waals surface area contributed by atoms with E-state index in [-0.39, 0.29) is 12.2 Å². The molecule has 0 aliphatic heterocycles. The zero-order chi connectivity index (χ0) is 12.3. The van der Waals surface area contributed by atoms with E-state index in [0.717, 1.165) is 16.9 Å². The molecule has 0 radical (unpaired) electrons. The lowest BCUT2D eigenvalue weighted by molar-refractivity contribution is 0.0987. The van der Waals surface area contributed by atoms with Crippen LogP contribution in [0.15, 0.2) is 23.6 Å². The van der Waals surface area contributed by atoms with Crippen LogP contribution in [0.2, 0.25) is 0 Å². The molecule has 4 nitrogen and oxygen atoms in total. The van der Waals surface area contributed by atoms with Crippen LogP contribution >= 0.6 is 11.5 Å². The average molecular weight is 248 g/mol. The van der Waals surface area contributed by atoms with Crippen molar-refractivity contribution in [1.82, 2.24) is 9.59 Å². The normalized spacial score (nSPS) is 10.2. The van der Waals surface area contributed by atoms with Gasteiger partial charge in [-0.1, -0.05) is 22.2 Å². The Morgan fingerprint density at radius 2 is 2.29 bits per heavy atom. The van der Waals surface area contributed by atoms with Crippen molar-refractivity contribution in [2.45, 2.75) is 13.3 Å². The first kappa shape index (κ1) is 11.7. The van der Waals surface area contributed by atoms with E-state index < -0.39 is 0 Å². The molecule has 0 saturated carbocycles. The van der Waals surface area contributed by atoms with E-state index in [9.17, 15) is 4.79 Å². The fourth-order valence-electron chi connectivity index (χ4n) is 1.60. The van der Waals surface area contributed by atoms with Crippen molar-refractivity contribution in [2.24, 2.45) is 0 Å². The Hall–Kier alpha value is -1.75. The molecule has 0 bridgehead atoms. The number of carbonyl (C=O) groups excluding carboxylic acids is 1. The summed E-state index contributed by atoms with van der Waals surface area (Å²) in [5.74, 6) is 0.690. The van der Waals surface area contributed by atoms with Crippen molar-refractivity contribution in [2.75, 3.05) is 7.11 Å². The first-order valence-electron chi connectivity index (χ1n) is 5.14. The van der Waals surface area contributed by atoms with Gasteiger partial charge in [-0.25, -0.2) is 0 Å². The van der Waals surface area contributed by atoms with Gasteiger partial charge in [-0.15, -0.1) is 5.10 Å². The SMILES string of the molecule is COc1ccc(C)cc1CC(=O)c1csnn1. The number of benzene rings is 1. The summed E-state index contributed by atoms with van der Waals surface area (Å²) < 4.78 is 8.92. The predicted octanol–water partition coefficient (Wildman–Crippen LogP) is 2.28. The maximum atomic E-state index is 11.9. The van der Waals surface area contributed by atoms with Gasteiger partial charge >= 0.3 is 0 Å². The molecular formula is C12H12N2O2S. The maximum absolute atomic E-state index is 11.9. The number of ketones is 1. The third kappa shape index (κ3) is 2.68. The number of aryl methyl sites for hydroxylation is 1. The van der Waals surface area contributed by atoms with Crippen LogP contribution in [0.5, 0.6) is 5.75 Å². The number of aromatic nitrogens is 2.